The Morgan fingerprint density at radius 2 is 1.62 bits per heavy atom. The first-order valence-corrected chi connectivity index (χ1v) is 11.2. The van der Waals surface area contributed by atoms with Gasteiger partial charge in [0.25, 0.3) is 0 Å². The molecule has 2 aliphatic heterocycles. The minimum Gasteiger partial charge on any atom is -0.361 e. The molecular formula is C24H30N4O4. The van der Waals surface area contributed by atoms with Crippen LogP contribution >= 0.6 is 0 Å². The maximum absolute atomic E-state index is 13.8. The molecule has 2 fully saturated rings. The number of carbonyl (C=O) groups is 3. The van der Waals surface area contributed by atoms with Gasteiger partial charge in [0.15, 0.2) is 0 Å². The number of rotatable bonds is 4. The van der Waals surface area contributed by atoms with Crippen molar-refractivity contribution in [1.82, 2.24) is 19.9 Å². The number of hydrogen-bond donors (Lipinski definition) is 0. The largest absolute Gasteiger partial charge is 0.361 e. The molecule has 0 saturated carbocycles. The molecule has 1 unspecified atom stereocenters. The van der Waals surface area contributed by atoms with Crippen LogP contribution < -0.4 is 0 Å². The van der Waals surface area contributed by atoms with Gasteiger partial charge in [-0.25, -0.2) is 0 Å². The maximum atomic E-state index is 13.8. The van der Waals surface area contributed by atoms with Gasteiger partial charge in [-0.15, -0.1) is 0 Å². The van der Waals surface area contributed by atoms with Crippen LogP contribution in [0.1, 0.15) is 32.4 Å². The standard InChI is InChI=1S/C24H30N4O4/c1-18(29)26-10-6-11-27(14-13-26)23(31)24(9-12-28(17-24)19(2)30)16-21-15-22(25-32-21)20-7-4-3-5-8-20/h3-5,7-8,15H,6,9-14,16-17H2,1-2H3. The quantitative estimate of drug-likeness (QED) is 0.730. The molecule has 1 atom stereocenters. The Balaban J connectivity index is 1.56. The highest BCUT2D eigenvalue weighted by atomic mass is 16.5. The summed E-state index contributed by atoms with van der Waals surface area (Å²) in [7, 11) is 0. The average Bonchev–Trinajstić information content (AvgIpc) is 3.35. The molecule has 4 rings (SSSR count). The summed E-state index contributed by atoms with van der Waals surface area (Å²) in [6.45, 7) is 6.34. The molecule has 3 heterocycles. The summed E-state index contributed by atoms with van der Waals surface area (Å²) in [5, 5.41) is 4.21. The molecule has 1 aromatic heterocycles. The number of likely N-dealkylation sites (tertiary alicyclic amines) is 1. The first-order valence-electron chi connectivity index (χ1n) is 11.2. The molecule has 2 saturated heterocycles. The second kappa shape index (κ2) is 9.14. The van der Waals surface area contributed by atoms with Crippen molar-refractivity contribution in [3.05, 3.63) is 42.2 Å². The van der Waals surface area contributed by atoms with E-state index in [0.29, 0.717) is 57.9 Å². The van der Waals surface area contributed by atoms with E-state index in [0.717, 1.165) is 17.7 Å². The van der Waals surface area contributed by atoms with Crippen LogP contribution in [-0.2, 0) is 20.8 Å². The van der Waals surface area contributed by atoms with E-state index in [1.807, 2.05) is 41.3 Å². The lowest BCUT2D eigenvalue weighted by Crippen LogP contribution is -2.48. The Kier molecular flexibility index (Phi) is 6.30. The van der Waals surface area contributed by atoms with E-state index in [9.17, 15) is 14.4 Å². The van der Waals surface area contributed by atoms with Crippen molar-refractivity contribution in [2.75, 3.05) is 39.3 Å². The number of hydrogen-bond acceptors (Lipinski definition) is 5. The van der Waals surface area contributed by atoms with Crippen LogP contribution in [0, 0.1) is 5.41 Å². The average molecular weight is 439 g/mol. The van der Waals surface area contributed by atoms with E-state index in [1.165, 1.54) is 0 Å². The smallest absolute Gasteiger partial charge is 0.231 e. The molecule has 32 heavy (non-hydrogen) atoms. The Morgan fingerprint density at radius 1 is 0.938 bits per heavy atom. The number of carbonyl (C=O) groups excluding carboxylic acids is 3. The van der Waals surface area contributed by atoms with E-state index >= 15 is 0 Å². The summed E-state index contributed by atoms with van der Waals surface area (Å²) >= 11 is 0. The van der Waals surface area contributed by atoms with E-state index in [2.05, 4.69) is 5.16 Å². The third-order valence-corrected chi connectivity index (χ3v) is 6.62. The maximum Gasteiger partial charge on any atom is 0.231 e. The van der Waals surface area contributed by atoms with E-state index in [4.69, 9.17) is 4.52 Å². The van der Waals surface area contributed by atoms with Crippen LogP contribution in [0.25, 0.3) is 11.3 Å². The molecule has 2 aromatic rings. The first kappa shape index (κ1) is 22.0. The predicted molar refractivity (Wildman–Crippen MR) is 118 cm³/mol. The van der Waals surface area contributed by atoms with Crippen LogP contribution in [0.2, 0.25) is 0 Å². The van der Waals surface area contributed by atoms with Crippen molar-refractivity contribution < 1.29 is 18.9 Å². The summed E-state index contributed by atoms with van der Waals surface area (Å²) in [6, 6.07) is 11.7. The predicted octanol–water partition coefficient (Wildman–Crippen LogP) is 2.20. The van der Waals surface area contributed by atoms with Crippen molar-refractivity contribution in [3.63, 3.8) is 0 Å². The molecular weight excluding hydrogens is 408 g/mol. The minimum atomic E-state index is -0.745. The third-order valence-electron chi connectivity index (χ3n) is 6.62. The number of benzene rings is 1. The summed E-state index contributed by atoms with van der Waals surface area (Å²) in [5.41, 5.74) is 0.942. The minimum absolute atomic E-state index is 0.0270. The number of nitrogens with zero attached hydrogens (tertiary/aromatic N) is 4. The van der Waals surface area contributed by atoms with Gasteiger partial charge in [0, 0.05) is 71.2 Å². The highest BCUT2D eigenvalue weighted by Crippen LogP contribution is 2.37. The molecule has 8 nitrogen and oxygen atoms in total. The van der Waals surface area contributed by atoms with Crippen molar-refractivity contribution >= 4 is 17.7 Å². The van der Waals surface area contributed by atoms with Gasteiger partial charge in [-0.1, -0.05) is 35.5 Å². The van der Waals surface area contributed by atoms with E-state index in [1.54, 1.807) is 23.6 Å². The molecule has 170 valence electrons. The Hall–Kier alpha value is -3.16. The van der Waals surface area contributed by atoms with Crippen molar-refractivity contribution in [3.8, 4) is 11.3 Å². The van der Waals surface area contributed by atoms with Crippen LogP contribution in [0.5, 0.6) is 0 Å². The second-order valence-electron chi connectivity index (χ2n) is 8.84. The summed E-state index contributed by atoms with van der Waals surface area (Å²) in [6.07, 6.45) is 1.72. The fraction of sp³-hybridized carbons (Fsp3) is 0.500. The zero-order chi connectivity index (χ0) is 22.7. The Bertz CT molecular complexity index is 989. The van der Waals surface area contributed by atoms with E-state index < -0.39 is 5.41 Å². The van der Waals surface area contributed by atoms with Crippen LogP contribution in [0.4, 0.5) is 0 Å². The number of aromatic nitrogens is 1. The molecule has 0 spiro atoms. The summed E-state index contributed by atoms with van der Waals surface area (Å²) < 4.78 is 5.64. The molecule has 0 radical (unpaired) electrons. The van der Waals surface area contributed by atoms with Crippen LogP contribution in [0.15, 0.2) is 40.9 Å². The SMILES string of the molecule is CC(=O)N1CCCN(C(=O)C2(Cc3cc(-c4ccccc4)no3)CCN(C(C)=O)C2)CC1. The van der Waals surface area contributed by atoms with Gasteiger partial charge in [-0.3, -0.25) is 14.4 Å². The molecule has 3 amide bonds. The Morgan fingerprint density at radius 3 is 2.31 bits per heavy atom. The van der Waals surface area contributed by atoms with Crippen LogP contribution in [-0.4, -0.2) is 76.8 Å². The van der Waals surface area contributed by atoms with E-state index in [-0.39, 0.29) is 17.7 Å². The summed E-state index contributed by atoms with van der Waals surface area (Å²) in [5.74, 6) is 0.681. The molecule has 1 aromatic carbocycles. The van der Waals surface area contributed by atoms with Crippen LogP contribution in [0.3, 0.4) is 0 Å². The first-order chi connectivity index (χ1) is 15.4. The van der Waals surface area contributed by atoms with Crippen molar-refractivity contribution in [1.29, 1.82) is 0 Å². The monoisotopic (exact) mass is 438 g/mol. The van der Waals surface area contributed by atoms with Gasteiger partial charge < -0.3 is 19.2 Å². The summed E-state index contributed by atoms with van der Waals surface area (Å²) in [4.78, 5) is 43.1. The topological polar surface area (TPSA) is 87.0 Å². The van der Waals surface area contributed by atoms with Crippen molar-refractivity contribution in [2.45, 2.75) is 33.1 Å². The highest BCUT2D eigenvalue weighted by Gasteiger charge is 2.48. The van der Waals surface area contributed by atoms with Crippen molar-refractivity contribution in [2.24, 2.45) is 5.41 Å². The van der Waals surface area contributed by atoms with Gasteiger partial charge >= 0.3 is 0 Å². The molecule has 2 aliphatic rings. The lowest BCUT2D eigenvalue weighted by atomic mass is 9.80. The molecule has 0 N–H and O–H groups in total. The normalized spacial score (nSPS) is 21.5. The lowest BCUT2D eigenvalue weighted by molar-refractivity contribution is -0.142. The fourth-order valence-electron chi connectivity index (χ4n) is 4.78. The second-order valence-corrected chi connectivity index (χ2v) is 8.84. The number of amides is 3. The molecule has 8 heteroatoms. The fourth-order valence-corrected chi connectivity index (χ4v) is 4.78. The zero-order valence-corrected chi connectivity index (χ0v) is 18.7. The zero-order valence-electron chi connectivity index (χ0n) is 18.7. The molecule has 0 bridgehead atoms. The van der Waals surface area contributed by atoms with Gasteiger partial charge in [0.1, 0.15) is 11.5 Å². The van der Waals surface area contributed by atoms with Gasteiger partial charge in [-0.05, 0) is 12.8 Å². The van der Waals surface area contributed by atoms with Gasteiger partial charge in [-0.2, -0.15) is 0 Å². The molecule has 0 aliphatic carbocycles. The van der Waals surface area contributed by atoms with Gasteiger partial charge in [0.05, 0.1) is 5.41 Å². The van der Waals surface area contributed by atoms with Gasteiger partial charge in [0.2, 0.25) is 17.7 Å². The highest BCUT2D eigenvalue weighted by molar-refractivity contribution is 5.85. The Labute approximate surface area is 188 Å². The third kappa shape index (κ3) is 4.54. The lowest BCUT2D eigenvalue weighted by Gasteiger charge is -2.33.